The van der Waals surface area contributed by atoms with E-state index >= 15 is 0 Å². The van der Waals surface area contributed by atoms with E-state index in [9.17, 15) is 9.59 Å². The second-order valence-electron chi connectivity index (χ2n) is 4.26. The number of benzene rings is 1. The standard InChI is InChI=1S/C13H15N5O3/c1-8(9-3-5-10(21-2)6-4-9)16-11(19)12(20)17-13-14-7-15-18-13/h3-8H,1-2H3,(H,16,19)(H2,14,15,17,18,20). The minimum Gasteiger partial charge on any atom is -0.497 e. The van der Waals surface area contributed by atoms with Crippen molar-refractivity contribution in [1.29, 1.82) is 0 Å². The van der Waals surface area contributed by atoms with Crippen molar-refractivity contribution < 1.29 is 14.3 Å². The molecule has 0 saturated heterocycles. The van der Waals surface area contributed by atoms with Crippen LogP contribution >= 0.6 is 0 Å². The lowest BCUT2D eigenvalue weighted by molar-refractivity contribution is -0.136. The summed E-state index contributed by atoms with van der Waals surface area (Å²) >= 11 is 0. The van der Waals surface area contributed by atoms with Crippen LogP contribution in [-0.4, -0.2) is 34.1 Å². The molecule has 1 heterocycles. The van der Waals surface area contributed by atoms with E-state index in [2.05, 4.69) is 25.8 Å². The minimum absolute atomic E-state index is 0.118. The molecule has 3 N–H and O–H groups in total. The van der Waals surface area contributed by atoms with Gasteiger partial charge in [0.2, 0.25) is 5.95 Å². The van der Waals surface area contributed by atoms with Crippen molar-refractivity contribution in [2.75, 3.05) is 12.4 Å². The number of nitrogens with zero attached hydrogens (tertiary/aromatic N) is 2. The summed E-state index contributed by atoms with van der Waals surface area (Å²) in [5.41, 5.74) is 0.858. The quantitative estimate of drug-likeness (QED) is 0.715. The molecule has 0 aliphatic carbocycles. The van der Waals surface area contributed by atoms with Gasteiger partial charge in [0.05, 0.1) is 13.2 Å². The van der Waals surface area contributed by atoms with Gasteiger partial charge >= 0.3 is 11.8 Å². The number of nitrogens with one attached hydrogen (secondary N) is 3. The van der Waals surface area contributed by atoms with Crippen LogP contribution in [0, 0.1) is 0 Å². The van der Waals surface area contributed by atoms with Crippen LogP contribution in [0.25, 0.3) is 0 Å². The van der Waals surface area contributed by atoms with Crippen LogP contribution in [0.5, 0.6) is 5.75 Å². The van der Waals surface area contributed by atoms with Gasteiger partial charge in [0, 0.05) is 0 Å². The normalized spacial score (nSPS) is 11.5. The summed E-state index contributed by atoms with van der Waals surface area (Å²) in [5.74, 6) is -0.727. The Balaban J connectivity index is 1.93. The molecule has 0 radical (unpaired) electrons. The average molecular weight is 289 g/mol. The summed E-state index contributed by atoms with van der Waals surface area (Å²) < 4.78 is 5.06. The highest BCUT2D eigenvalue weighted by molar-refractivity contribution is 6.39. The zero-order chi connectivity index (χ0) is 15.2. The van der Waals surface area contributed by atoms with Crippen LogP contribution in [-0.2, 0) is 9.59 Å². The molecule has 1 aromatic heterocycles. The van der Waals surface area contributed by atoms with Crippen molar-refractivity contribution in [3.8, 4) is 5.75 Å². The molecule has 2 aromatic rings. The molecular formula is C13H15N5O3. The fraction of sp³-hybridized carbons (Fsp3) is 0.231. The second kappa shape index (κ2) is 6.51. The summed E-state index contributed by atoms with van der Waals surface area (Å²) in [6.07, 6.45) is 1.23. The van der Waals surface area contributed by atoms with Crippen molar-refractivity contribution >= 4 is 17.8 Å². The van der Waals surface area contributed by atoms with Gasteiger partial charge in [-0.25, -0.2) is 5.10 Å². The number of hydrogen-bond donors (Lipinski definition) is 3. The van der Waals surface area contributed by atoms with E-state index in [0.717, 1.165) is 11.3 Å². The monoisotopic (exact) mass is 289 g/mol. The van der Waals surface area contributed by atoms with E-state index in [4.69, 9.17) is 4.74 Å². The third-order valence-corrected chi connectivity index (χ3v) is 2.82. The number of carbonyl (C=O) groups excluding carboxylic acids is 2. The predicted octanol–water partition coefficient (Wildman–Crippen LogP) is 0.629. The molecule has 2 rings (SSSR count). The van der Waals surface area contributed by atoms with Crippen LogP contribution in [0.3, 0.4) is 0 Å². The number of rotatable bonds is 4. The molecule has 0 spiro atoms. The highest BCUT2D eigenvalue weighted by Gasteiger charge is 2.18. The van der Waals surface area contributed by atoms with Crippen molar-refractivity contribution in [1.82, 2.24) is 20.5 Å². The molecule has 0 aliphatic rings. The molecular weight excluding hydrogens is 274 g/mol. The molecule has 1 aromatic carbocycles. The van der Waals surface area contributed by atoms with Crippen LogP contribution < -0.4 is 15.4 Å². The van der Waals surface area contributed by atoms with E-state index in [1.807, 2.05) is 12.1 Å². The zero-order valence-electron chi connectivity index (χ0n) is 11.6. The molecule has 1 atom stereocenters. The number of aromatic nitrogens is 3. The molecule has 2 amide bonds. The van der Waals surface area contributed by atoms with Crippen molar-refractivity contribution in [3.05, 3.63) is 36.2 Å². The summed E-state index contributed by atoms with van der Waals surface area (Å²) in [6.45, 7) is 1.78. The highest BCUT2D eigenvalue weighted by Crippen LogP contribution is 2.17. The third-order valence-electron chi connectivity index (χ3n) is 2.82. The summed E-state index contributed by atoms with van der Waals surface area (Å²) in [5, 5.41) is 10.9. The van der Waals surface area contributed by atoms with Crippen LogP contribution in [0.2, 0.25) is 0 Å². The van der Waals surface area contributed by atoms with Gasteiger partial charge < -0.3 is 10.1 Å². The molecule has 110 valence electrons. The van der Waals surface area contributed by atoms with Crippen LogP contribution in [0.1, 0.15) is 18.5 Å². The van der Waals surface area contributed by atoms with Gasteiger partial charge in [0.1, 0.15) is 12.1 Å². The lowest BCUT2D eigenvalue weighted by Crippen LogP contribution is -2.37. The summed E-state index contributed by atoms with van der Waals surface area (Å²) in [7, 11) is 1.58. The Bertz CT molecular complexity index is 609. The third kappa shape index (κ3) is 3.78. The minimum atomic E-state index is -0.813. The Morgan fingerprint density at radius 3 is 2.52 bits per heavy atom. The maximum absolute atomic E-state index is 11.8. The number of amides is 2. The van der Waals surface area contributed by atoms with Gasteiger partial charge in [-0.3, -0.25) is 14.9 Å². The zero-order valence-corrected chi connectivity index (χ0v) is 11.6. The average Bonchev–Trinajstić information content (AvgIpc) is 3.00. The number of aromatic amines is 1. The fourth-order valence-corrected chi connectivity index (χ4v) is 1.67. The Labute approximate surface area is 120 Å². The molecule has 21 heavy (non-hydrogen) atoms. The summed E-state index contributed by atoms with van der Waals surface area (Å²) in [6, 6.07) is 6.89. The maximum atomic E-state index is 11.8. The molecule has 0 saturated carbocycles. The lowest BCUT2D eigenvalue weighted by atomic mass is 10.1. The predicted molar refractivity (Wildman–Crippen MR) is 74.6 cm³/mol. The maximum Gasteiger partial charge on any atom is 0.316 e. The first-order chi connectivity index (χ1) is 10.1. The van der Waals surface area contributed by atoms with Gasteiger partial charge in [0.15, 0.2) is 0 Å². The largest absolute Gasteiger partial charge is 0.497 e. The fourth-order valence-electron chi connectivity index (χ4n) is 1.67. The number of hydrogen-bond acceptors (Lipinski definition) is 5. The van der Waals surface area contributed by atoms with Crippen LogP contribution in [0.4, 0.5) is 5.95 Å². The van der Waals surface area contributed by atoms with Gasteiger partial charge in [-0.2, -0.15) is 10.1 Å². The Kier molecular flexibility index (Phi) is 4.50. The van der Waals surface area contributed by atoms with Gasteiger partial charge in [-0.05, 0) is 24.6 Å². The molecule has 1 unspecified atom stereocenters. The molecule has 0 fully saturated rings. The second-order valence-corrected chi connectivity index (χ2v) is 4.26. The first-order valence-electron chi connectivity index (χ1n) is 6.21. The SMILES string of the molecule is COc1ccc(C(C)NC(=O)C(=O)Nc2ncn[nH]2)cc1. The number of H-pyrrole nitrogens is 1. The Morgan fingerprint density at radius 1 is 1.24 bits per heavy atom. The Morgan fingerprint density at radius 2 is 1.95 bits per heavy atom. The number of ether oxygens (including phenoxy) is 1. The lowest BCUT2D eigenvalue weighted by Gasteiger charge is -2.14. The smallest absolute Gasteiger partial charge is 0.316 e. The molecule has 0 bridgehead atoms. The van der Waals surface area contributed by atoms with E-state index in [1.165, 1.54) is 6.33 Å². The summed E-state index contributed by atoms with van der Waals surface area (Å²) in [4.78, 5) is 27.1. The van der Waals surface area contributed by atoms with E-state index in [-0.39, 0.29) is 12.0 Å². The molecule has 0 aliphatic heterocycles. The topological polar surface area (TPSA) is 109 Å². The van der Waals surface area contributed by atoms with Gasteiger partial charge in [0.25, 0.3) is 0 Å². The Hall–Kier alpha value is -2.90. The van der Waals surface area contributed by atoms with Crippen molar-refractivity contribution in [2.24, 2.45) is 0 Å². The van der Waals surface area contributed by atoms with E-state index in [1.54, 1.807) is 26.2 Å². The van der Waals surface area contributed by atoms with E-state index in [0.29, 0.717) is 0 Å². The van der Waals surface area contributed by atoms with Crippen molar-refractivity contribution in [2.45, 2.75) is 13.0 Å². The molecule has 8 nitrogen and oxygen atoms in total. The highest BCUT2D eigenvalue weighted by atomic mass is 16.5. The first-order valence-corrected chi connectivity index (χ1v) is 6.21. The first kappa shape index (κ1) is 14.5. The van der Waals surface area contributed by atoms with Crippen LogP contribution in [0.15, 0.2) is 30.6 Å². The van der Waals surface area contributed by atoms with Crippen molar-refractivity contribution in [3.63, 3.8) is 0 Å². The van der Waals surface area contributed by atoms with Gasteiger partial charge in [-0.15, -0.1) is 0 Å². The van der Waals surface area contributed by atoms with Gasteiger partial charge in [-0.1, -0.05) is 12.1 Å². The number of carbonyl (C=O) groups is 2. The van der Waals surface area contributed by atoms with E-state index < -0.39 is 11.8 Å². The number of methoxy groups -OCH3 is 1. The number of anilines is 1. The molecule has 8 heteroatoms.